The summed E-state index contributed by atoms with van der Waals surface area (Å²) in [6, 6.07) is 7.79. The van der Waals surface area contributed by atoms with Crippen molar-refractivity contribution in [3.63, 3.8) is 0 Å². The van der Waals surface area contributed by atoms with E-state index in [2.05, 4.69) is 32.0 Å². The maximum absolute atomic E-state index is 6.13. The number of benzene rings is 1. The van der Waals surface area contributed by atoms with Gasteiger partial charge < -0.3 is 4.74 Å². The van der Waals surface area contributed by atoms with Crippen LogP contribution < -0.4 is 4.74 Å². The molecule has 0 aliphatic heterocycles. The fourth-order valence-electron chi connectivity index (χ4n) is 3.73. The zero-order chi connectivity index (χ0) is 17.4. The largest absolute Gasteiger partial charge is 0.493 e. The zero-order valence-electron chi connectivity index (χ0n) is 15.1. The molecule has 1 fully saturated rings. The average Bonchev–Trinajstić information content (AvgIpc) is 2.59. The predicted molar refractivity (Wildman–Crippen MR) is 108 cm³/mol. The van der Waals surface area contributed by atoms with Gasteiger partial charge in [-0.2, -0.15) is 0 Å². The van der Waals surface area contributed by atoms with Crippen LogP contribution in [0.1, 0.15) is 88.2 Å². The Balaban J connectivity index is 2.11. The van der Waals surface area contributed by atoms with Gasteiger partial charge in [0.05, 0.1) is 6.61 Å². The van der Waals surface area contributed by atoms with Crippen LogP contribution in [0.2, 0.25) is 6.04 Å². The van der Waals surface area contributed by atoms with Crippen LogP contribution in [-0.4, -0.2) is 14.0 Å². The lowest BCUT2D eigenvalue weighted by Crippen LogP contribution is -2.09. The predicted octanol–water partition coefficient (Wildman–Crippen LogP) is 7.37. The maximum atomic E-state index is 6.13. The monoisotopic (exact) mass is 385 g/mol. The Morgan fingerprint density at radius 2 is 1.96 bits per heavy atom. The molecule has 4 heteroatoms. The van der Waals surface area contributed by atoms with E-state index in [1.165, 1.54) is 56.1 Å². The second-order valence-corrected chi connectivity index (χ2v) is 11.6. The van der Waals surface area contributed by atoms with Gasteiger partial charge in [0.2, 0.25) is 0 Å². The summed E-state index contributed by atoms with van der Waals surface area (Å²) >= 11 is 11.8. The van der Waals surface area contributed by atoms with E-state index >= 15 is 0 Å². The summed E-state index contributed by atoms with van der Waals surface area (Å²) in [5, 5.41) is 0. The van der Waals surface area contributed by atoms with Gasteiger partial charge in [-0.05, 0) is 60.8 Å². The van der Waals surface area contributed by atoms with Gasteiger partial charge >= 0.3 is 0 Å². The highest BCUT2D eigenvalue weighted by atomic mass is 35.7. The molecule has 2 rings (SSSR count). The van der Waals surface area contributed by atoms with Crippen molar-refractivity contribution >= 4 is 29.6 Å². The van der Waals surface area contributed by atoms with E-state index in [-0.39, 0.29) is 0 Å². The molecule has 0 aromatic heterocycles. The molecule has 1 atom stereocenters. The molecule has 0 heterocycles. The highest BCUT2D eigenvalue weighted by Crippen LogP contribution is 2.39. The van der Waals surface area contributed by atoms with E-state index in [1.807, 2.05) is 0 Å². The molecule has 0 saturated heterocycles. The fraction of sp³-hybridized carbons (Fsp3) is 0.700. The second kappa shape index (κ2) is 10.7. The molecule has 0 spiro atoms. The Kier molecular flexibility index (Phi) is 9.00. The lowest BCUT2D eigenvalue weighted by molar-refractivity contribution is 0.307. The van der Waals surface area contributed by atoms with Crippen LogP contribution in [0.3, 0.4) is 0 Å². The van der Waals surface area contributed by atoms with Gasteiger partial charge in [0.25, 0.3) is 7.42 Å². The minimum Gasteiger partial charge on any atom is -0.493 e. The maximum Gasteiger partial charge on any atom is 0.274 e. The first-order valence-electron chi connectivity index (χ1n) is 9.55. The van der Waals surface area contributed by atoms with Gasteiger partial charge in [-0.1, -0.05) is 51.7 Å². The molecule has 24 heavy (non-hydrogen) atoms. The highest BCUT2D eigenvalue weighted by molar-refractivity contribution is 7.33. The van der Waals surface area contributed by atoms with Crippen LogP contribution in [0.5, 0.6) is 5.75 Å². The summed E-state index contributed by atoms with van der Waals surface area (Å²) < 4.78 is 6.13. The Hall–Kier alpha value is -0.183. The number of ether oxygens (including phenoxy) is 1. The van der Waals surface area contributed by atoms with Crippen LogP contribution in [0.4, 0.5) is 0 Å². The summed E-state index contributed by atoms with van der Waals surface area (Å²) in [4.78, 5) is 0. The normalized spacial score (nSPS) is 17.2. The molecule has 1 unspecified atom stereocenters. The molecular weight excluding hydrogens is 355 g/mol. The Labute approximate surface area is 159 Å². The van der Waals surface area contributed by atoms with Gasteiger partial charge in [-0.25, -0.2) is 0 Å². The summed E-state index contributed by atoms with van der Waals surface area (Å²) in [5.41, 5.74) is 2.91. The van der Waals surface area contributed by atoms with Crippen LogP contribution in [0.25, 0.3) is 0 Å². The minimum absolute atomic E-state index is 0.629. The van der Waals surface area contributed by atoms with Gasteiger partial charge in [0.15, 0.2) is 0 Å². The van der Waals surface area contributed by atoms with Crippen LogP contribution in [0.15, 0.2) is 18.2 Å². The quantitative estimate of drug-likeness (QED) is 0.244. The summed E-state index contributed by atoms with van der Waals surface area (Å²) in [5.74, 6) is 2.39. The van der Waals surface area contributed by atoms with E-state index in [0.29, 0.717) is 11.8 Å². The van der Waals surface area contributed by atoms with Crippen molar-refractivity contribution in [2.45, 2.75) is 83.1 Å². The van der Waals surface area contributed by atoms with Gasteiger partial charge in [-0.3, -0.25) is 0 Å². The first-order chi connectivity index (χ1) is 11.6. The number of hydrogen-bond donors (Lipinski definition) is 0. The van der Waals surface area contributed by atoms with Crippen molar-refractivity contribution in [3.05, 3.63) is 29.3 Å². The molecule has 0 amide bonds. The second-order valence-electron chi connectivity index (χ2n) is 7.11. The molecule has 1 radical (unpaired) electrons. The molecule has 1 aromatic carbocycles. The van der Waals surface area contributed by atoms with E-state index in [4.69, 9.17) is 26.9 Å². The summed E-state index contributed by atoms with van der Waals surface area (Å²) in [7, 11) is -1.18. The summed E-state index contributed by atoms with van der Waals surface area (Å²) in [6.07, 6.45) is 10.1. The molecule has 1 nitrogen and oxygen atoms in total. The zero-order valence-corrected chi connectivity index (χ0v) is 17.6. The molecule has 0 bridgehead atoms. The molecule has 1 aliphatic carbocycles. The lowest BCUT2D eigenvalue weighted by atomic mass is 9.82. The van der Waals surface area contributed by atoms with Crippen LogP contribution in [-0.2, 0) is 0 Å². The minimum atomic E-state index is -1.18. The molecule has 1 aromatic rings. The van der Waals surface area contributed by atoms with Crippen molar-refractivity contribution in [2.75, 3.05) is 6.61 Å². The molecule has 1 saturated carbocycles. The van der Waals surface area contributed by atoms with Crippen molar-refractivity contribution in [1.82, 2.24) is 0 Å². The van der Waals surface area contributed by atoms with Crippen molar-refractivity contribution in [2.24, 2.45) is 0 Å². The van der Waals surface area contributed by atoms with E-state index < -0.39 is 7.42 Å². The third-order valence-electron chi connectivity index (χ3n) is 5.14. The fourth-order valence-corrected chi connectivity index (χ4v) is 4.94. The Morgan fingerprint density at radius 3 is 2.62 bits per heavy atom. The molecule has 1 aliphatic rings. The Morgan fingerprint density at radius 1 is 1.21 bits per heavy atom. The number of hydrogen-bond acceptors (Lipinski definition) is 1. The van der Waals surface area contributed by atoms with Crippen LogP contribution in [0, 0.1) is 0 Å². The third-order valence-corrected chi connectivity index (χ3v) is 7.00. The molecule has 135 valence electrons. The van der Waals surface area contributed by atoms with Crippen LogP contribution >= 0.6 is 22.2 Å². The van der Waals surface area contributed by atoms with Gasteiger partial charge in [0, 0.05) is 0 Å². The highest BCUT2D eigenvalue weighted by Gasteiger charge is 2.21. The average molecular weight is 386 g/mol. The van der Waals surface area contributed by atoms with Crippen molar-refractivity contribution in [1.29, 1.82) is 0 Å². The SMILES string of the molecule is CCCC(C)c1ccc(OCCC[Si](Cl)Cl)c(C2CCCCC2)c1. The first kappa shape index (κ1) is 20.1. The van der Waals surface area contributed by atoms with Gasteiger partial charge in [-0.15, -0.1) is 22.2 Å². The van der Waals surface area contributed by atoms with E-state index in [9.17, 15) is 0 Å². The molecular formula is C20H31Cl2OSi. The molecule has 0 N–H and O–H groups in total. The number of rotatable bonds is 9. The third kappa shape index (κ3) is 6.27. The smallest absolute Gasteiger partial charge is 0.274 e. The lowest BCUT2D eigenvalue weighted by Gasteiger charge is -2.26. The van der Waals surface area contributed by atoms with Gasteiger partial charge in [0.1, 0.15) is 5.75 Å². The standard InChI is InChI=1S/C20H31Cl2OSi/c1-3-8-16(2)18-11-12-20(23-13-7-14-24(21)22)19(15-18)17-9-5-4-6-10-17/h11-12,15-17H,3-10,13-14H2,1-2H3. The van der Waals surface area contributed by atoms with Crippen molar-refractivity contribution < 1.29 is 4.74 Å². The van der Waals surface area contributed by atoms with E-state index in [0.717, 1.165) is 24.8 Å². The Bertz CT molecular complexity index is 487. The number of halogens is 2. The first-order valence-corrected chi connectivity index (χ1v) is 13.3. The summed E-state index contributed by atoms with van der Waals surface area (Å²) in [6.45, 7) is 5.32. The van der Waals surface area contributed by atoms with E-state index in [1.54, 1.807) is 0 Å². The van der Waals surface area contributed by atoms with Crippen molar-refractivity contribution in [3.8, 4) is 5.75 Å². The topological polar surface area (TPSA) is 9.23 Å².